The average Bonchev–Trinajstić information content (AvgIpc) is 3.13. The van der Waals surface area contributed by atoms with Gasteiger partial charge in [-0.2, -0.15) is 0 Å². The van der Waals surface area contributed by atoms with Crippen LogP contribution in [0.25, 0.3) is 5.69 Å². The molecule has 0 radical (unpaired) electrons. The molecular weight excluding hydrogens is 436 g/mol. The molecule has 1 atom stereocenters. The fourth-order valence-electron chi connectivity index (χ4n) is 3.82. The Morgan fingerprint density at radius 3 is 2.70 bits per heavy atom. The average molecular weight is 467 g/mol. The fraction of sp³-hybridized carbons (Fsp3) is 0.400. The number of rotatable bonds is 7. The Hall–Kier alpha value is -3.00. The third kappa shape index (κ3) is 5.50. The first-order valence-electron chi connectivity index (χ1n) is 11.2. The minimum Gasteiger partial charge on any atom is -0.490 e. The highest BCUT2D eigenvalue weighted by molar-refractivity contribution is 7.99. The van der Waals surface area contributed by atoms with Crippen molar-refractivity contribution in [3.63, 3.8) is 0 Å². The SMILES string of the molecule is Cc1ccc(C)c(-n2cnnc2SCC(=O)N[C@H](c2ccc3c(c2)OCCCO3)C(C)C)c1. The van der Waals surface area contributed by atoms with Crippen molar-refractivity contribution in [2.45, 2.75) is 45.3 Å². The molecule has 2 aromatic carbocycles. The summed E-state index contributed by atoms with van der Waals surface area (Å²) in [6, 6.07) is 12.0. The lowest BCUT2D eigenvalue weighted by molar-refractivity contribution is -0.119. The van der Waals surface area contributed by atoms with E-state index in [1.54, 1.807) is 6.33 Å². The van der Waals surface area contributed by atoms with Gasteiger partial charge in [-0.25, -0.2) is 0 Å². The molecule has 8 heteroatoms. The van der Waals surface area contributed by atoms with Gasteiger partial charge in [-0.3, -0.25) is 9.36 Å². The molecule has 0 bridgehead atoms. The van der Waals surface area contributed by atoms with Gasteiger partial charge in [-0.1, -0.05) is 43.8 Å². The summed E-state index contributed by atoms with van der Waals surface area (Å²) in [5.41, 5.74) is 4.31. The maximum Gasteiger partial charge on any atom is 0.230 e. The van der Waals surface area contributed by atoms with Gasteiger partial charge in [0.15, 0.2) is 16.7 Å². The van der Waals surface area contributed by atoms with Gasteiger partial charge in [0, 0.05) is 6.42 Å². The van der Waals surface area contributed by atoms with Crippen molar-refractivity contribution in [2.75, 3.05) is 19.0 Å². The lowest BCUT2D eigenvalue weighted by Gasteiger charge is -2.24. The Morgan fingerprint density at radius 2 is 1.91 bits per heavy atom. The highest BCUT2D eigenvalue weighted by Gasteiger charge is 2.22. The first-order valence-corrected chi connectivity index (χ1v) is 12.2. The largest absolute Gasteiger partial charge is 0.490 e. The molecule has 0 aliphatic carbocycles. The van der Waals surface area contributed by atoms with Crippen LogP contribution in [0.4, 0.5) is 0 Å². The molecule has 1 N–H and O–H groups in total. The number of hydrogen-bond donors (Lipinski definition) is 1. The van der Waals surface area contributed by atoms with Crippen LogP contribution in [0.1, 0.15) is 43.0 Å². The Balaban J connectivity index is 1.45. The molecule has 33 heavy (non-hydrogen) atoms. The number of thioether (sulfide) groups is 1. The third-order valence-corrected chi connectivity index (χ3v) is 6.53. The zero-order valence-electron chi connectivity index (χ0n) is 19.5. The van der Waals surface area contributed by atoms with Crippen LogP contribution in [-0.4, -0.2) is 39.6 Å². The van der Waals surface area contributed by atoms with Crippen LogP contribution in [0.15, 0.2) is 47.9 Å². The van der Waals surface area contributed by atoms with E-state index in [1.165, 1.54) is 11.8 Å². The summed E-state index contributed by atoms with van der Waals surface area (Å²) >= 11 is 1.38. The van der Waals surface area contributed by atoms with Crippen molar-refractivity contribution >= 4 is 17.7 Å². The van der Waals surface area contributed by atoms with Crippen molar-refractivity contribution in [3.8, 4) is 17.2 Å². The van der Waals surface area contributed by atoms with Crippen molar-refractivity contribution in [1.29, 1.82) is 0 Å². The molecule has 1 aromatic heterocycles. The van der Waals surface area contributed by atoms with Crippen molar-refractivity contribution in [2.24, 2.45) is 5.92 Å². The third-order valence-electron chi connectivity index (χ3n) is 5.59. The summed E-state index contributed by atoms with van der Waals surface area (Å²) in [4.78, 5) is 12.9. The molecule has 1 aliphatic rings. The summed E-state index contributed by atoms with van der Waals surface area (Å²) in [7, 11) is 0. The van der Waals surface area contributed by atoms with Crippen molar-refractivity contribution in [1.82, 2.24) is 20.1 Å². The molecule has 0 unspecified atom stereocenters. The predicted molar refractivity (Wildman–Crippen MR) is 129 cm³/mol. The molecule has 2 heterocycles. The Morgan fingerprint density at radius 1 is 1.12 bits per heavy atom. The fourth-order valence-corrected chi connectivity index (χ4v) is 4.55. The summed E-state index contributed by atoms with van der Waals surface area (Å²) in [6.07, 6.45) is 2.55. The van der Waals surface area contributed by atoms with E-state index in [1.807, 2.05) is 22.8 Å². The molecule has 174 valence electrons. The number of nitrogens with one attached hydrogen (secondary N) is 1. The zero-order valence-corrected chi connectivity index (χ0v) is 20.3. The molecule has 0 fully saturated rings. The van der Waals surface area contributed by atoms with Gasteiger partial charge >= 0.3 is 0 Å². The van der Waals surface area contributed by atoms with E-state index >= 15 is 0 Å². The lowest BCUT2D eigenvalue weighted by atomic mass is 9.95. The quantitative estimate of drug-likeness (QED) is 0.511. The van der Waals surface area contributed by atoms with E-state index in [9.17, 15) is 4.79 Å². The number of nitrogens with zero attached hydrogens (tertiary/aromatic N) is 3. The first kappa shape index (κ1) is 23.2. The summed E-state index contributed by atoms with van der Waals surface area (Å²) in [5, 5.41) is 12.2. The van der Waals surface area contributed by atoms with E-state index < -0.39 is 0 Å². The van der Waals surface area contributed by atoms with Crippen LogP contribution in [0, 0.1) is 19.8 Å². The van der Waals surface area contributed by atoms with E-state index in [0.29, 0.717) is 18.4 Å². The van der Waals surface area contributed by atoms with E-state index in [4.69, 9.17) is 9.47 Å². The summed E-state index contributed by atoms with van der Waals surface area (Å²) in [6.45, 7) is 9.59. The Bertz CT molecular complexity index is 1130. The number of carbonyl (C=O) groups excluding carboxylic acids is 1. The predicted octanol–water partition coefficient (Wildman–Crippen LogP) is 4.65. The minimum atomic E-state index is -0.132. The first-order chi connectivity index (χ1) is 15.9. The van der Waals surface area contributed by atoms with Crippen LogP contribution in [0.2, 0.25) is 0 Å². The van der Waals surface area contributed by atoms with Crippen molar-refractivity contribution < 1.29 is 14.3 Å². The molecule has 7 nitrogen and oxygen atoms in total. The molecule has 0 saturated carbocycles. The molecular formula is C25H30N4O3S. The topological polar surface area (TPSA) is 78.3 Å². The summed E-state index contributed by atoms with van der Waals surface area (Å²) in [5.74, 6) is 1.90. The van der Waals surface area contributed by atoms with Gasteiger partial charge in [0.05, 0.1) is 30.7 Å². The molecule has 0 saturated heterocycles. The number of fused-ring (bicyclic) bond motifs is 1. The summed E-state index contributed by atoms with van der Waals surface area (Å²) < 4.78 is 13.5. The van der Waals surface area contributed by atoms with Crippen LogP contribution in [0.5, 0.6) is 11.5 Å². The standard InChI is InChI=1S/C25H30N4O3S/c1-16(2)24(19-8-9-21-22(13-19)32-11-5-10-31-21)27-23(30)14-33-25-28-26-15-29(25)20-12-17(3)6-7-18(20)4/h6-9,12-13,15-16,24H,5,10-11,14H2,1-4H3,(H,27,30)/t24-/m0/s1. The second kappa shape index (κ2) is 10.3. The molecule has 4 rings (SSSR count). The van der Waals surface area contributed by atoms with Crippen LogP contribution in [0.3, 0.4) is 0 Å². The number of carbonyl (C=O) groups is 1. The normalized spacial score (nSPS) is 14.1. The lowest BCUT2D eigenvalue weighted by Crippen LogP contribution is -2.33. The van der Waals surface area contributed by atoms with E-state index in [2.05, 4.69) is 61.4 Å². The van der Waals surface area contributed by atoms with Crippen molar-refractivity contribution in [3.05, 3.63) is 59.4 Å². The van der Waals surface area contributed by atoms with Gasteiger partial charge in [0.1, 0.15) is 6.33 Å². The second-order valence-electron chi connectivity index (χ2n) is 8.61. The molecule has 3 aromatic rings. The Kier molecular flexibility index (Phi) is 7.23. The number of ether oxygens (including phenoxy) is 2. The molecule has 0 spiro atoms. The van der Waals surface area contributed by atoms with E-state index in [-0.39, 0.29) is 23.6 Å². The van der Waals surface area contributed by atoms with Crippen LogP contribution >= 0.6 is 11.8 Å². The van der Waals surface area contributed by atoms with Crippen LogP contribution in [-0.2, 0) is 4.79 Å². The molecule has 1 amide bonds. The maximum atomic E-state index is 12.9. The smallest absolute Gasteiger partial charge is 0.230 e. The highest BCUT2D eigenvalue weighted by atomic mass is 32.2. The van der Waals surface area contributed by atoms with Gasteiger partial charge < -0.3 is 14.8 Å². The number of aromatic nitrogens is 3. The Labute approximate surface area is 198 Å². The second-order valence-corrected chi connectivity index (χ2v) is 9.55. The van der Waals surface area contributed by atoms with Gasteiger partial charge in [-0.05, 0) is 54.7 Å². The van der Waals surface area contributed by atoms with Gasteiger partial charge in [0.2, 0.25) is 5.91 Å². The molecule has 1 aliphatic heterocycles. The monoisotopic (exact) mass is 466 g/mol. The number of benzene rings is 2. The highest BCUT2D eigenvalue weighted by Crippen LogP contribution is 2.34. The van der Waals surface area contributed by atoms with Crippen LogP contribution < -0.4 is 14.8 Å². The maximum absolute atomic E-state index is 12.9. The van der Waals surface area contributed by atoms with Gasteiger partial charge in [-0.15, -0.1) is 10.2 Å². The minimum absolute atomic E-state index is 0.0543. The zero-order chi connectivity index (χ0) is 23.4. The number of amides is 1. The number of hydrogen-bond acceptors (Lipinski definition) is 6. The van der Waals surface area contributed by atoms with Gasteiger partial charge in [0.25, 0.3) is 0 Å². The van der Waals surface area contributed by atoms with E-state index in [0.717, 1.165) is 40.3 Å². The number of aryl methyl sites for hydroxylation is 2.